The molecule has 2 N–H and O–H groups in total. The van der Waals surface area contributed by atoms with E-state index in [1.165, 1.54) is 16.3 Å². The van der Waals surface area contributed by atoms with Crippen molar-refractivity contribution in [3.63, 3.8) is 0 Å². The lowest BCUT2D eigenvalue weighted by Gasteiger charge is -2.09. The van der Waals surface area contributed by atoms with Crippen LogP contribution in [0.4, 0.5) is 5.69 Å². The van der Waals surface area contributed by atoms with Gasteiger partial charge in [0.15, 0.2) is 0 Å². The number of rotatable bonds is 2. The van der Waals surface area contributed by atoms with Crippen LogP contribution in [-0.4, -0.2) is 9.55 Å². The van der Waals surface area contributed by atoms with Gasteiger partial charge in [0.1, 0.15) is 0 Å². The van der Waals surface area contributed by atoms with Crippen LogP contribution in [-0.2, 0) is 6.54 Å². The van der Waals surface area contributed by atoms with E-state index in [0.717, 1.165) is 23.3 Å². The van der Waals surface area contributed by atoms with Gasteiger partial charge in [0.05, 0.1) is 11.0 Å². The zero-order valence-electron chi connectivity index (χ0n) is 11.5. The topological polar surface area (TPSA) is 43.8 Å². The van der Waals surface area contributed by atoms with Crippen molar-refractivity contribution in [2.45, 2.75) is 6.54 Å². The Morgan fingerprint density at radius 2 is 1.86 bits per heavy atom. The summed E-state index contributed by atoms with van der Waals surface area (Å²) in [7, 11) is 0. The van der Waals surface area contributed by atoms with E-state index in [4.69, 9.17) is 5.73 Å². The molecule has 4 rings (SSSR count). The van der Waals surface area contributed by atoms with E-state index in [9.17, 15) is 0 Å². The SMILES string of the molecule is Nc1ccc2ccn(Cc3cccc4cccnc34)c2c1. The standard InChI is InChI=1S/C18H15N3/c19-16-7-6-13-8-10-21(17(13)11-16)12-15-4-1-3-14-5-2-9-20-18(14)15/h1-11H,12,19H2. The molecule has 2 aromatic carbocycles. The summed E-state index contributed by atoms with van der Waals surface area (Å²) in [5, 5.41) is 2.38. The first-order valence-electron chi connectivity index (χ1n) is 6.98. The smallest absolute Gasteiger partial charge is 0.0751 e. The third-order valence-electron chi connectivity index (χ3n) is 3.85. The summed E-state index contributed by atoms with van der Waals surface area (Å²) in [5.41, 5.74) is 10.1. The Kier molecular flexibility index (Phi) is 2.64. The van der Waals surface area contributed by atoms with Gasteiger partial charge in [-0.15, -0.1) is 0 Å². The summed E-state index contributed by atoms with van der Waals surface area (Å²) in [6, 6.07) is 18.5. The second-order valence-electron chi connectivity index (χ2n) is 5.25. The first-order chi connectivity index (χ1) is 10.3. The zero-order valence-corrected chi connectivity index (χ0v) is 11.5. The van der Waals surface area contributed by atoms with Gasteiger partial charge in [-0.2, -0.15) is 0 Å². The highest BCUT2D eigenvalue weighted by atomic mass is 15.0. The number of fused-ring (bicyclic) bond motifs is 2. The Balaban J connectivity index is 1.85. The highest BCUT2D eigenvalue weighted by Crippen LogP contribution is 2.22. The second kappa shape index (κ2) is 4.63. The molecule has 0 aliphatic heterocycles. The fraction of sp³-hybridized carbons (Fsp3) is 0.0556. The molecule has 2 heterocycles. The molecule has 0 saturated heterocycles. The summed E-state index contributed by atoms with van der Waals surface area (Å²) in [6.07, 6.45) is 3.95. The molecule has 0 bridgehead atoms. The number of nitrogen functional groups attached to an aromatic ring is 1. The molecule has 3 heteroatoms. The lowest BCUT2D eigenvalue weighted by atomic mass is 10.1. The number of aromatic nitrogens is 2. The monoisotopic (exact) mass is 273 g/mol. The molecule has 0 fully saturated rings. The predicted molar refractivity (Wildman–Crippen MR) is 87.2 cm³/mol. The van der Waals surface area contributed by atoms with E-state index in [1.807, 2.05) is 24.4 Å². The highest BCUT2D eigenvalue weighted by Gasteiger charge is 2.06. The third kappa shape index (κ3) is 2.03. The number of nitrogens with two attached hydrogens (primary N) is 1. The van der Waals surface area contributed by atoms with E-state index in [1.54, 1.807) is 0 Å². The quantitative estimate of drug-likeness (QED) is 0.564. The average molecular weight is 273 g/mol. The first kappa shape index (κ1) is 12.0. The van der Waals surface area contributed by atoms with Crippen LogP contribution in [0.1, 0.15) is 5.56 Å². The average Bonchev–Trinajstić information content (AvgIpc) is 2.90. The van der Waals surface area contributed by atoms with Crippen molar-refractivity contribution in [2.75, 3.05) is 5.73 Å². The minimum atomic E-state index is 0.790. The second-order valence-corrected chi connectivity index (χ2v) is 5.25. The first-order valence-corrected chi connectivity index (χ1v) is 6.98. The summed E-state index contributed by atoms with van der Waals surface area (Å²) in [5.74, 6) is 0. The maximum absolute atomic E-state index is 5.91. The van der Waals surface area contributed by atoms with Gasteiger partial charge in [-0.3, -0.25) is 4.98 Å². The molecular formula is C18H15N3. The van der Waals surface area contributed by atoms with Crippen molar-refractivity contribution in [1.82, 2.24) is 9.55 Å². The van der Waals surface area contributed by atoms with Crippen molar-refractivity contribution in [3.8, 4) is 0 Å². The van der Waals surface area contributed by atoms with Gasteiger partial charge in [-0.25, -0.2) is 0 Å². The number of hydrogen-bond donors (Lipinski definition) is 1. The highest BCUT2D eigenvalue weighted by molar-refractivity contribution is 5.84. The fourth-order valence-corrected chi connectivity index (χ4v) is 2.82. The molecular weight excluding hydrogens is 258 g/mol. The maximum Gasteiger partial charge on any atom is 0.0751 e. The lowest BCUT2D eigenvalue weighted by molar-refractivity contribution is 0.841. The molecule has 0 amide bonds. The summed E-state index contributed by atoms with van der Waals surface area (Å²) < 4.78 is 2.22. The minimum Gasteiger partial charge on any atom is -0.399 e. The van der Waals surface area contributed by atoms with Crippen molar-refractivity contribution >= 4 is 27.5 Å². The summed E-state index contributed by atoms with van der Waals surface area (Å²) in [4.78, 5) is 4.52. The van der Waals surface area contributed by atoms with Crippen LogP contribution >= 0.6 is 0 Å². The Morgan fingerprint density at radius 1 is 0.952 bits per heavy atom. The fourth-order valence-electron chi connectivity index (χ4n) is 2.82. The van der Waals surface area contributed by atoms with Crippen LogP contribution in [0, 0.1) is 0 Å². The third-order valence-corrected chi connectivity index (χ3v) is 3.85. The van der Waals surface area contributed by atoms with Crippen LogP contribution in [0.5, 0.6) is 0 Å². The molecule has 21 heavy (non-hydrogen) atoms. The van der Waals surface area contributed by atoms with Gasteiger partial charge in [-0.05, 0) is 35.2 Å². The number of benzene rings is 2. The van der Waals surface area contributed by atoms with Crippen LogP contribution in [0.3, 0.4) is 0 Å². The molecule has 0 radical (unpaired) electrons. The van der Waals surface area contributed by atoms with E-state index in [-0.39, 0.29) is 0 Å². The number of para-hydroxylation sites is 1. The van der Waals surface area contributed by atoms with Crippen LogP contribution < -0.4 is 5.73 Å². The molecule has 4 aromatic rings. The summed E-state index contributed by atoms with van der Waals surface area (Å²) in [6.45, 7) is 0.793. The normalized spacial score (nSPS) is 11.2. The minimum absolute atomic E-state index is 0.790. The molecule has 0 saturated carbocycles. The van der Waals surface area contributed by atoms with Crippen molar-refractivity contribution in [2.24, 2.45) is 0 Å². The molecule has 0 spiro atoms. The molecule has 2 aromatic heterocycles. The molecule has 0 atom stereocenters. The van der Waals surface area contributed by atoms with E-state index >= 15 is 0 Å². The Morgan fingerprint density at radius 3 is 2.81 bits per heavy atom. The van der Waals surface area contributed by atoms with Gasteiger partial charge in [0, 0.05) is 30.0 Å². The Bertz CT molecular complexity index is 932. The maximum atomic E-state index is 5.91. The largest absolute Gasteiger partial charge is 0.399 e. The van der Waals surface area contributed by atoms with Crippen LogP contribution in [0.25, 0.3) is 21.8 Å². The number of hydrogen-bond acceptors (Lipinski definition) is 2. The molecule has 0 aliphatic carbocycles. The Hall–Kier alpha value is -2.81. The van der Waals surface area contributed by atoms with E-state index in [0.29, 0.717) is 0 Å². The molecule has 0 aliphatic rings. The van der Waals surface area contributed by atoms with Gasteiger partial charge in [0.2, 0.25) is 0 Å². The van der Waals surface area contributed by atoms with Gasteiger partial charge in [-0.1, -0.05) is 30.3 Å². The molecule has 0 unspecified atom stereocenters. The van der Waals surface area contributed by atoms with Crippen molar-refractivity contribution in [3.05, 3.63) is 72.6 Å². The van der Waals surface area contributed by atoms with Crippen LogP contribution in [0.2, 0.25) is 0 Å². The van der Waals surface area contributed by atoms with Crippen molar-refractivity contribution in [1.29, 1.82) is 0 Å². The van der Waals surface area contributed by atoms with Gasteiger partial charge < -0.3 is 10.3 Å². The molecule has 102 valence electrons. The van der Waals surface area contributed by atoms with E-state index in [2.05, 4.69) is 52.1 Å². The van der Waals surface area contributed by atoms with Gasteiger partial charge in [0.25, 0.3) is 0 Å². The van der Waals surface area contributed by atoms with Gasteiger partial charge >= 0.3 is 0 Å². The van der Waals surface area contributed by atoms with Crippen LogP contribution in [0.15, 0.2) is 67.0 Å². The molecule has 3 nitrogen and oxygen atoms in total. The number of pyridine rings is 1. The Labute approximate surface area is 122 Å². The van der Waals surface area contributed by atoms with E-state index < -0.39 is 0 Å². The number of anilines is 1. The summed E-state index contributed by atoms with van der Waals surface area (Å²) >= 11 is 0. The lowest BCUT2D eigenvalue weighted by Crippen LogP contribution is -2.00. The predicted octanol–water partition coefficient (Wildman–Crippen LogP) is 3.82. The zero-order chi connectivity index (χ0) is 14.2. The number of nitrogens with zero attached hydrogens (tertiary/aromatic N) is 2. The van der Waals surface area contributed by atoms with Crippen molar-refractivity contribution < 1.29 is 0 Å².